The van der Waals surface area contributed by atoms with Gasteiger partial charge in [-0.25, -0.2) is 4.98 Å². The van der Waals surface area contributed by atoms with Gasteiger partial charge in [0.2, 0.25) is 0 Å². The minimum Gasteiger partial charge on any atom is -0.481 e. The second kappa shape index (κ2) is 5.85. The van der Waals surface area contributed by atoms with Crippen molar-refractivity contribution in [3.05, 3.63) is 28.0 Å². The molecule has 1 fully saturated rings. The molecule has 2 aromatic rings. The molecule has 1 aromatic carbocycles. The van der Waals surface area contributed by atoms with Crippen molar-refractivity contribution in [1.29, 1.82) is 0 Å². The van der Waals surface area contributed by atoms with Gasteiger partial charge in [0.15, 0.2) is 0 Å². The van der Waals surface area contributed by atoms with Gasteiger partial charge in [0.05, 0.1) is 21.1 Å². The van der Waals surface area contributed by atoms with Crippen LogP contribution >= 0.6 is 23.2 Å². The Morgan fingerprint density at radius 2 is 2.05 bits per heavy atom. The van der Waals surface area contributed by atoms with Crippen molar-refractivity contribution in [1.82, 2.24) is 9.55 Å². The zero-order valence-corrected chi connectivity index (χ0v) is 13.0. The van der Waals surface area contributed by atoms with Crippen molar-refractivity contribution >= 4 is 40.2 Å². The largest absolute Gasteiger partial charge is 0.481 e. The van der Waals surface area contributed by atoms with Crippen molar-refractivity contribution in [2.24, 2.45) is 0 Å². The van der Waals surface area contributed by atoms with Gasteiger partial charge in [-0.1, -0.05) is 29.6 Å². The van der Waals surface area contributed by atoms with Crippen LogP contribution in [-0.2, 0) is 11.3 Å². The molecule has 0 bridgehead atoms. The Kier molecular flexibility index (Phi) is 4.09. The lowest BCUT2D eigenvalue weighted by atomic mass is 9.85. The van der Waals surface area contributed by atoms with Gasteiger partial charge in [-0.3, -0.25) is 4.79 Å². The van der Waals surface area contributed by atoms with E-state index in [0.717, 1.165) is 29.7 Å². The third kappa shape index (κ3) is 2.87. The number of fused-ring (bicyclic) bond motifs is 1. The first-order valence-electron chi connectivity index (χ1n) is 7.13. The van der Waals surface area contributed by atoms with E-state index in [1.807, 2.05) is 6.07 Å². The molecule has 1 heterocycles. The SMILES string of the molecule is O=C(O)CCCn1c(C2CCC2)nc2cc(Cl)c(Cl)cc21. The Labute approximate surface area is 132 Å². The van der Waals surface area contributed by atoms with Crippen LogP contribution in [0, 0.1) is 0 Å². The van der Waals surface area contributed by atoms with Gasteiger partial charge in [0, 0.05) is 18.9 Å². The zero-order valence-electron chi connectivity index (χ0n) is 11.5. The molecule has 1 aromatic heterocycles. The first kappa shape index (κ1) is 14.7. The standard InChI is InChI=1S/C15H16Cl2N2O2/c16-10-7-12-13(8-11(10)17)19(6-2-5-14(20)21)15(18-12)9-3-1-4-9/h7-9H,1-6H2,(H,20,21). The van der Waals surface area contributed by atoms with E-state index in [0.29, 0.717) is 28.9 Å². The zero-order chi connectivity index (χ0) is 15.0. The summed E-state index contributed by atoms with van der Waals surface area (Å²) in [5.41, 5.74) is 1.78. The smallest absolute Gasteiger partial charge is 0.303 e. The molecule has 21 heavy (non-hydrogen) atoms. The monoisotopic (exact) mass is 326 g/mol. The molecule has 0 aliphatic heterocycles. The lowest BCUT2D eigenvalue weighted by Crippen LogP contribution is -2.16. The summed E-state index contributed by atoms with van der Waals surface area (Å²) < 4.78 is 2.12. The molecule has 0 saturated heterocycles. The normalized spacial score (nSPS) is 15.3. The predicted molar refractivity (Wildman–Crippen MR) is 83.2 cm³/mol. The predicted octanol–water partition coefficient (Wildman–Crippen LogP) is 4.48. The van der Waals surface area contributed by atoms with Crippen LogP contribution in [0.5, 0.6) is 0 Å². The number of hydrogen-bond donors (Lipinski definition) is 1. The summed E-state index contributed by atoms with van der Waals surface area (Å²) in [6.45, 7) is 0.645. The van der Waals surface area contributed by atoms with Gasteiger partial charge in [0.1, 0.15) is 5.82 Å². The molecule has 0 radical (unpaired) electrons. The maximum absolute atomic E-state index is 10.7. The highest BCUT2D eigenvalue weighted by Gasteiger charge is 2.26. The van der Waals surface area contributed by atoms with E-state index in [4.69, 9.17) is 33.3 Å². The van der Waals surface area contributed by atoms with Crippen molar-refractivity contribution in [3.8, 4) is 0 Å². The Bertz CT molecular complexity index is 693. The second-order valence-corrected chi connectivity index (χ2v) is 6.32. The summed E-state index contributed by atoms with van der Waals surface area (Å²) in [4.78, 5) is 15.4. The van der Waals surface area contributed by atoms with E-state index in [-0.39, 0.29) is 6.42 Å². The number of aromatic nitrogens is 2. The van der Waals surface area contributed by atoms with Crippen molar-refractivity contribution in [3.63, 3.8) is 0 Å². The maximum Gasteiger partial charge on any atom is 0.303 e. The third-order valence-electron chi connectivity index (χ3n) is 4.06. The summed E-state index contributed by atoms with van der Waals surface area (Å²) >= 11 is 12.2. The van der Waals surface area contributed by atoms with E-state index in [9.17, 15) is 4.79 Å². The van der Waals surface area contributed by atoms with E-state index in [1.165, 1.54) is 6.42 Å². The van der Waals surface area contributed by atoms with Crippen molar-refractivity contribution < 1.29 is 9.90 Å². The lowest BCUT2D eigenvalue weighted by molar-refractivity contribution is -0.137. The molecule has 0 spiro atoms. The molecule has 1 saturated carbocycles. The number of nitrogens with zero attached hydrogens (tertiary/aromatic N) is 2. The van der Waals surface area contributed by atoms with Gasteiger partial charge >= 0.3 is 5.97 Å². The number of aryl methyl sites for hydroxylation is 1. The quantitative estimate of drug-likeness (QED) is 0.881. The van der Waals surface area contributed by atoms with Gasteiger partial charge in [-0.2, -0.15) is 0 Å². The first-order chi connectivity index (χ1) is 10.1. The number of benzene rings is 1. The molecular weight excluding hydrogens is 311 g/mol. The molecular formula is C15H16Cl2N2O2. The fourth-order valence-electron chi connectivity index (χ4n) is 2.74. The highest BCUT2D eigenvalue weighted by Crippen LogP contribution is 2.38. The molecule has 6 heteroatoms. The van der Waals surface area contributed by atoms with Gasteiger partial charge in [-0.15, -0.1) is 0 Å². The van der Waals surface area contributed by atoms with Crippen LogP contribution in [0.2, 0.25) is 10.0 Å². The number of rotatable bonds is 5. The molecule has 1 N–H and O–H groups in total. The molecule has 3 rings (SSSR count). The summed E-state index contributed by atoms with van der Waals surface area (Å²) in [7, 11) is 0. The molecule has 4 nitrogen and oxygen atoms in total. The van der Waals surface area contributed by atoms with Crippen LogP contribution in [-0.4, -0.2) is 20.6 Å². The van der Waals surface area contributed by atoms with Crippen LogP contribution in [0.1, 0.15) is 43.8 Å². The number of hydrogen-bond acceptors (Lipinski definition) is 2. The third-order valence-corrected chi connectivity index (χ3v) is 4.78. The Balaban J connectivity index is 1.99. The highest BCUT2D eigenvalue weighted by molar-refractivity contribution is 6.42. The highest BCUT2D eigenvalue weighted by atomic mass is 35.5. The number of carboxylic acid groups (broad SMARTS) is 1. The Morgan fingerprint density at radius 3 is 2.67 bits per heavy atom. The average molecular weight is 327 g/mol. The molecule has 0 unspecified atom stereocenters. The summed E-state index contributed by atoms with van der Waals surface area (Å²) in [6, 6.07) is 3.62. The summed E-state index contributed by atoms with van der Waals surface area (Å²) in [5.74, 6) is 0.741. The van der Waals surface area contributed by atoms with E-state index in [1.54, 1.807) is 6.07 Å². The number of carboxylic acids is 1. The fourth-order valence-corrected chi connectivity index (χ4v) is 3.06. The number of carbonyl (C=O) groups is 1. The van der Waals surface area contributed by atoms with Gasteiger partial charge < -0.3 is 9.67 Å². The minimum absolute atomic E-state index is 0.158. The van der Waals surface area contributed by atoms with E-state index >= 15 is 0 Å². The van der Waals surface area contributed by atoms with Crippen LogP contribution in [0.3, 0.4) is 0 Å². The van der Waals surface area contributed by atoms with Crippen LogP contribution < -0.4 is 0 Å². The molecule has 1 aliphatic rings. The fraction of sp³-hybridized carbons (Fsp3) is 0.467. The van der Waals surface area contributed by atoms with Crippen molar-refractivity contribution in [2.75, 3.05) is 0 Å². The van der Waals surface area contributed by atoms with Crippen LogP contribution in [0.25, 0.3) is 11.0 Å². The van der Waals surface area contributed by atoms with E-state index in [2.05, 4.69) is 4.57 Å². The number of aliphatic carboxylic acids is 1. The van der Waals surface area contributed by atoms with Crippen molar-refractivity contribution in [2.45, 2.75) is 44.6 Å². The molecule has 0 amide bonds. The second-order valence-electron chi connectivity index (χ2n) is 5.50. The maximum atomic E-state index is 10.7. The lowest BCUT2D eigenvalue weighted by Gasteiger charge is -2.25. The van der Waals surface area contributed by atoms with Gasteiger partial charge in [0.25, 0.3) is 0 Å². The number of halogens is 2. The van der Waals surface area contributed by atoms with Crippen LogP contribution in [0.15, 0.2) is 12.1 Å². The summed E-state index contributed by atoms with van der Waals surface area (Å²) in [6.07, 6.45) is 4.25. The Morgan fingerprint density at radius 1 is 1.33 bits per heavy atom. The average Bonchev–Trinajstić information content (AvgIpc) is 2.66. The molecule has 112 valence electrons. The first-order valence-corrected chi connectivity index (χ1v) is 7.89. The Hall–Kier alpha value is -1.26. The minimum atomic E-state index is -0.773. The topological polar surface area (TPSA) is 55.1 Å². The van der Waals surface area contributed by atoms with E-state index < -0.39 is 5.97 Å². The van der Waals surface area contributed by atoms with Crippen LogP contribution in [0.4, 0.5) is 0 Å². The van der Waals surface area contributed by atoms with Gasteiger partial charge in [-0.05, 0) is 31.4 Å². The molecule has 1 aliphatic carbocycles. The number of imidazole rings is 1. The molecule has 0 atom stereocenters. The summed E-state index contributed by atoms with van der Waals surface area (Å²) in [5, 5.41) is 9.81.